The molecule has 0 radical (unpaired) electrons. The summed E-state index contributed by atoms with van der Waals surface area (Å²) in [6.07, 6.45) is 1.78. The third-order valence-corrected chi connectivity index (χ3v) is 6.31. The third kappa shape index (κ3) is 4.46. The number of pyridine rings is 1. The van der Waals surface area contributed by atoms with Crippen molar-refractivity contribution in [2.45, 2.75) is 18.4 Å². The fourth-order valence-corrected chi connectivity index (χ4v) is 4.48. The summed E-state index contributed by atoms with van der Waals surface area (Å²) < 4.78 is 27.1. The van der Waals surface area contributed by atoms with Crippen molar-refractivity contribution in [3.63, 3.8) is 0 Å². The molecule has 1 aromatic carbocycles. The average molecular weight is 375 g/mol. The molecule has 0 aliphatic carbocycles. The maximum absolute atomic E-state index is 12.8. The van der Waals surface area contributed by atoms with Crippen LogP contribution in [0.5, 0.6) is 0 Å². The molecule has 0 atom stereocenters. The van der Waals surface area contributed by atoms with E-state index in [1.54, 1.807) is 18.3 Å². The first kappa shape index (κ1) is 18.5. The van der Waals surface area contributed by atoms with Crippen molar-refractivity contribution in [3.8, 4) is 0 Å². The van der Waals surface area contributed by atoms with Gasteiger partial charge in [0.25, 0.3) is 0 Å². The predicted octanol–water partition coefficient (Wildman–Crippen LogP) is 0.129. The molecule has 138 valence electrons. The van der Waals surface area contributed by atoms with Crippen LogP contribution >= 0.6 is 0 Å². The molecule has 0 spiro atoms. The van der Waals surface area contributed by atoms with Crippen LogP contribution < -0.4 is 10.2 Å². The normalized spacial score (nSPS) is 16.3. The van der Waals surface area contributed by atoms with Gasteiger partial charge in [0, 0.05) is 18.8 Å². The lowest BCUT2D eigenvalue weighted by atomic mass is 10.3. The summed E-state index contributed by atoms with van der Waals surface area (Å²) in [6.45, 7) is 4.69. The fourth-order valence-electron chi connectivity index (χ4n) is 3.04. The van der Waals surface area contributed by atoms with Crippen molar-refractivity contribution in [2.24, 2.45) is 0 Å². The number of aromatic nitrogens is 1. The first-order valence-electron chi connectivity index (χ1n) is 8.56. The Balaban J connectivity index is 1.61. The van der Waals surface area contributed by atoms with Crippen LogP contribution in [0.15, 0.2) is 53.6 Å². The van der Waals surface area contributed by atoms with Gasteiger partial charge in [-0.25, -0.2) is 8.42 Å². The number of quaternary nitrogens is 1. The summed E-state index contributed by atoms with van der Waals surface area (Å²) in [4.78, 5) is 17.0. The minimum absolute atomic E-state index is 0.187. The molecule has 0 unspecified atom stereocenters. The van der Waals surface area contributed by atoms with Crippen LogP contribution in [0.1, 0.15) is 12.6 Å². The van der Waals surface area contributed by atoms with Crippen molar-refractivity contribution in [2.75, 3.05) is 31.5 Å². The molecule has 1 aromatic heterocycles. The van der Waals surface area contributed by atoms with E-state index in [0.29, 0.717) is 18.8 Å². The number of hydrogen-bond donors (Lipinski definition) is 2. The van der Waals surface area contributed by atoms with Gasteiger partial charge in [-0.3, -0.25) is 9.78 Å². The molecule has 1 saturated heterocycles. The Hall–Kier alpha value is -2.29. The number of anilines is 1. The minimum atomic E-state index is -3.51. The van der Waals surface area contributed by atoms with Crippen molar-refractivity contribution >= 4 is 21.6 Å². The first-order valence-corrected chi connectivity index (χ1v) is 10.0. The lowest BCUT2D eigenvalue weighted by Gasteiger charge is -2.31. The van der Waals surface area contributed by atoms with E-state index < -0.39 is 10.0 Å². The Morgan fingerprint density at radius 2 is 1.85 bits per heavy atom. The number of hydrogen-bond acceptors (Lipinski definition) is 4. The smallest absolute Gasteiger partial charge is 0.243 e. The maximum Gasteiger partial charge on any atom is 0.243 e. The average Bonchev–Trinajstić information content (AvgIpc) is 2.63. The Bertz CT molecular complexity index is 846. The summed E-state index contributed by atoms with van der Waals surface area (Å²) in [7, 11) is -3.51. The number of piperazine rings is 1. The third-order valence-electron chi connectivity index (χ3n) is 4.40. The number of rotatable bonds is 5. The summed E-state index contributed by atoms with van der Waals surface area (Å²) >= 11 is 0. The molecule has 2 heterocycles. The number of carbonyl (C=O) groups excluding carboxylic acids is 1. The molecular weight excluding hydrogens is 352 g/mol. The van der Waals surface area contributed by atoms with E-state index in [0.717, 1.165) is 25.3 Å². The van der Waals surface area contributed by atoms with E-state index in [1.807, 2.05) is 18.2 Å². The Labute approximate surface area is 153 Å². The lowest BCUT2D eigenvalue weighted by Crippen LogP contribution is -3.13. The molecule has 7 nitrogen and oxygen atoms in total. The molecule has 2 aromatic rings. The highest BCUT2D eigenvalue weighted by atomic mass is 32.2. The summed E-state index contributed by atoms with van der Waals surface area (Å²) in [5, 5.41) is 2.64. The van der Waals surface area contributed by atoms with E-state index in [2.05, 4.69) is 10.3 Å². The van der Waals surface area contributed by atoms with Crippen LogP contribution in [-0.2, 0) is 21.4 Å². The van der Waals surface area contributed by atoms with E-state index in [1.165, 1.54) is 28.3 Å². The molecule has 1 amide bonds. The second-order valence-corrected chi connectivity index (χ2v) is 8.30. The molecule has 1 fully saturated rings. The SMILES string of the molecule is CC(=O)Nc1ccc(S(=O)(=O)N2CC[NH+](Cc3ccccn3)CC2)cc1. The van der Waals surface area contributed by atoms with Crippen molar-refractivity contribution in [1.82, 2.24) is 9.29 Å². The summed E-state index contributed by atoms with van der Waals surface area (Å²) in [6, 6.07) is 12.1. The molecule has 3 rings (SSSR count). The number of benzene rings is 1. The van der Waals surface area contributed by atoms with Crippen LogP contribution in [0, 0.1) is 0 Å². The molecule has 26 heavy (non-hydrogen) atoms. The van der Waals surface area contributed by atoms with Crippen LogP contribution in [-0.4, -0.2) is 49.8 Å². The highest BCUT2D eigenvalue weighted by molar-refractivity contribution is 7.89. The van der Waals surface area contributed by atoms with E-state index in [-0.39, 0.29) is 10.8 Å². The summed E-state index contributed by atoms with van der Waals surface area (Å²) in [5.41, 5.74) is 1.61. The molecule has 1 aliphatic rings. The van der Waals surface area contributed by atoms with Crippen LogP contribution in [0.4, 0.5) is 5.69 Å². The van der Waals surface area contributed by atoms with Crippen molar-refractivity contribution in [1.29, 1.82) is 0 Å². The monoisotopic (exact) mass is 375 g/mol. The summed E-state index contributed by atoms with van der Waals surface area (Å²) in [5.74, 6) is -0.187. The van der Waals surface area contributed by atoms with E-state index >= 15 is 0 Å². The predicted molar refractivity (Wildman–Crippen MR) is 98.1 cm³/mol. The van der Waals surface area contributed by atoms with Gasteiger partial charge in [0.15, 0.2) is 0 Å². The van der Waals surface area contributed by atoms with Gasteiger partial charge in [0.05, 0.1) is 36.8 Å². The van der Waals surface area contributed by atoms with E-state index in [9.17, 15) is 13.2 Å². The fraction of sp³-hybridized carbons (Fsp3) is 0.333. The number of sulfonamides is 1. The van der Waals surface area contributed by atoms with Crippen LogP contribution in [0.2, 0.25) is 0 Å². The van der Waals surface area contributed by atoms with Gasteiger partial charge >= 0.3 is 0 Å². The van der Waals surface area contributed by atoms with Gasteiger partial charge in [0.1, 0.15) is 6.54 Å². The first-order chi connectivity index (χ1) is 12.4. The zero-order valence-corrected chi connectivity index (χ0v) is 15.5. The Morgan fingerprint density at radius 3 is 2.42 bits per heavy atom. The lowest BCUT2D eigenvalue weighted by molar-refractivity contribution is -0.917. The Morgan fingerprint density at radius 1 is 1.15 bits per heavy atom. The van der Waals surface area contributed by atoms with Gasteiger partial charge in [0.2, 0.25) is 15.9 Å². The number of nitrogens with one attached hydrogen (secondary N) is 2. The number of carbonyl (C=O) groups is 1. The molecule has 2 N–H and O–H groups in total. The second-order valence-electron chi connectivity index (χ2n) is 6.36. The standard InChI is InChI=1S/C18H22N4O3S/c1-15(23)20-16-5-7-18(8-6-16)26(24,25)22-12-10-21(11-13-22)14-17-4-2-3-9-19-17/h2-9H,10-14H2,1H3,(H,20,23)/p+1. The Kier molecular flexibility index (Phi) is 5.65. The van der Waals surface area contributed by atoms with Gasteiger partial charge in [-0.1, -0.05) is 6.07 Å². The molecular formula is C18H23N4O3S+. The highest BCUT2D eigenvalue weighted by Gasteiger charge is 2.30. The molecule has 0 saturated carbocycles. The molecule has 1 aliphatic heterocycles. The van der Waals surface area contributed by atoms with Crippen LogP contribution in [0.3, 0.4) is 0 Å². The topological polar surface area (TPSA) is 83.8 Å². The van der Waals surface area contributed by atoms with Gasteiger partial charge in [-0.05, 0) is 36.4 Å². The van der Waals surface area contributed by atoms with Crippen molar-refractivity contribution < 1.29 is 18.1 Å². The van der Waals surface area contributed by atoms with Crippen LogP contribution in [0.25, 0.3) is 0 Å². The second kappa shape index (κ2) is 7.94. The quantitative estimate of drug-likeness (QED) is 0.778. The largest absolute Gasteiger partial charge is 0.328 e. The maximum atomic E-state index is 12.8. The number of nitrogens with zero attached hydrogens (tertiary/aromatic N) is 2. The van der Waals surface area contributed by atoms with Crippen molar-refractivity contribution in [3.05, 3.63) is 54.4 Å². The molecule has 8 heteroatoms. The van der Waals surface area contributed by atoms with Gasteiger partial charge in [-0.15, -0.1) is 0 Å². The molecule has 0 bridgehead atoms. The van der Waals surface area contributed by atoms with E-state index in [4.69, 9.17) is 0 Å². The van der Waals surface area contributed by atoms with Gasteiger partial charge in [-0.2, -0.15) is 4.31 Å². The highest BCUT2D eigenvalue weighted by Crippen LogP contribution is 2.18. The zero-order valence-electron chi connectivity index (χ0n) is 14.7. The van der Waals surface area contributed by atoms with Gasteiger partial charge < -0.3 is 10.2 Å². The minimum Gasteiger partial charge on any atom is -0.328 e. The number of amides is 1. The zero-order chi connectivity index (χ0) is 18.6.